The Morgan fingerprint density at radius 1 is 1.30 bits per heavy atom. The predicted molar refractivity (Wildman–Crippen MR) is 82.6 cm³/mol. The summed E-state index contributed by atoms with van der Waals surface area (Å²) in [5.41, 5.74) is 5.74. The lowest BCUT2D eigenvalue weighted by atomic mass is 9.90. The lowest BCUT2D eigenvalue weighted by Gasteiger charge is -2.48. The molecule has 2 atom stereocenters. The van der Waals surface area contributed by atoms with Gasteiger partial charge in [-0.25, -0.2) is 8.42 Å². The van der Waals surface area contributed by atoms with Crippen LogP contribution in [0.25, 0.3) is 0 Å². The van der Waals surface area contributed by atoms with Gasteiger partial charge in [0.2, 0.25) is 0 Å². The van der Waals surface area contributed by atoms with Gasteiger partial charge in [-0.3, -0.25) is 4.90 Å². The van der Waals surface area contributed by atoms with Crippen LogP contribution in [0.2, 0.25) is 0 Å². The SMILES string of the molecule is CCC1CN(C)CCCN1C1(CN)CCCS(=O)(=O)C1. The van der Waals surface area contributed by atoms with Crippen LogP contribution in [-0.4, -0.2) is 74.5 Å². The Morgan fingerprint density at radius 2 is 2.05 bits per heavy atom. The van der Waals surface area contributed by atoms with Gasteiger partial charge in [0.25, 0.3) is 0 Å². The number of hydrogen-bond acceptors (Lipinski definition) is 5. The predicted octanol–water partition coefficient (Wildman–Crippen LogP) is 0.309. The van der Waals surface area contributed by atoms with Crippen LogP contribution < -0.4 is 5.73 Å². The fourth-order valence-corrected chi connectivity index (χ4v) is 5.87. The van der Waals surface area contributed by atoms with Crippen LogP contribution in [0.3, 0.4) is 0 Å². The Morgan fingerprint density at radius 3 is 2.65 bits per heavy atom. The normalized spacial score (nSPS) is 36.6. The summed E-state index contributed by atoms with van der Waals surface area (Å²) < 4.78 is 24.2. The summed E-state index contributed by atoms with van der Waals surface area (Å²) in [7, 11) is -0.792. The molecule has 0 aromatic heterocycles. The topological polar surface area (TPSA) is 66.6 Å². The average Bonchev–Trinajstić information content (AvgIpc) is 2.59. The quantitative estimate of drug-likeness (QED) is 0.813. The standard InChI is InChI=1S/C14H29N3O2S/c1-3-13-10-16(2)7-5-8-17(13)14(11-15)6-4-9-20(18,19)12-14/h13H,3-12,15H2,1-2H3. The smallest absolute Gasteiger partial charge is 0.152 e. The molecule has 2 N–H and O–H groups in total. The van der Waals surface area contributed by atoms with Crippen molar-refractivity contribution in [2.45, 2.75) is 44.2 Å². The minimum Gasteiger partial charge on any atom is -0.329 e. The maximum Gasteiger partial charge on any atom is 0.152 e. The molecule has 0 radical (unpaired) electrons. The molecule has 0 amide bonds. The van der Waals surface area contributed by atoms with Crippen molar-refractivity contribution in [1.29, 1.82) is 0 Å². The van der Waals surface area contributed by atoms with E-state index in [1.54, 1.807) is 0 Å². The molecular formula is C14H29N3O2S. The zero-order valence-electron chi connectivity index (χ0n) is 12.8. The first-order valence-electron chi connectivity index (χ1n) is 7.78. The summed E-state index contributed by atoms with van der Waals surface area (Å²) in [5, 5.41) is 0. The van der Waals surface area contributed by atoms with E-state index in [1.807, 2.05) is 0 Å². The molecule has 0 aromatic carbocycles. The fraction of sp³-hybridized carbons (Fsp3) is 1.00. The molecule has 0 aliphatic carbocycles. The average molecular weight is 303 g/mol. The van der Waals surface area contributed by atoms with Crippen LogP contribution in [0, 0.1) is 0 Å². The van der Waals surface area contributed by atoms with Crippen LogP contribution in [0.4, 0.5) is 0 Å². The zero-order chi connectivity index (χ0) is 14.8. The van der Waals surface area contributed by atoms with E-state index in [-0.39, 0.29) is 11.3 Å². The second-order valence-electron chi connectivity index (χ2n) is 6.50. The van der Waals surface area contributed by atoms with E-state index in [4.69, 9.17) is 5.73 Å². The van der Waals surface area contributed by atoms with E-state index >= 15 is 0 Å². The Labute approximate surface area is 123 Å². The molecule has 6 heteroatoms. The van der Waals surface area contributed by atoms with Crippen molar-refractivity contribution in [2.75, 3.05) is 44.7 Å². The van der Waals surface area contributed by atoms with Crippen LogP contribution >= 0.6 is 0 Å². The van der Waals surface area contributed by atoms with Gasteiger partial charge in [-0.2, -0.15) is 0 Å². The van der Waals surface area contributed by atoms with Crippen LogP contribution in [-0.2, 0) is 9.84 Å². The molecule has 0 spiro atoms. The number of likely N-dealkylation sites (N-methyl/N-ethyl adjacent to an activating group) is 1. The van der Waals surface area contributed by atoms with Crippen molar-refractivity contribution in [1.82, 2.24) is 9.80 Å². The highest BCUT2D eigenvalue weighted by Gasteiger charge is 2.45. The van der Waals surface area contributed by atoms with Gasteiger partial charge in [-0.05, 0) is 39.3 Å². The highest BCUT2D eigenvalue weighted by atomic mass is 32.2. The summed E-state index contributed by atoms with van der Waals surface area (Å²) >= 11 is 0. The summed E-state index contributed by atoms with van der Waals surface area (Å²) in [5.74, 6) is 0.579. The van der Waals surface area contributed by atoms with Gasteiger partial charge in [0.15, 0.2) is 9.84 Å². The van der Waals surface area contributed by atoms with E-state index in [0.717, 1.165) is 45.3 Å². The van der Waals surface area contributed by atoms with Crippen LogP contribution in [0.5, 0.6) is 0 Å². The molecule has 5 nitrogen and oxygen atoms in total. The number of sulfone groups is 1. The van der Waals surface area contributed by atoms with Crippen LogP contribution in [0.1, 0.15) is 32.6 Å². The van der Waals surface area contributed by atoms with Gasteiger partial charge in [-0.15, -0.1) is 0 Å². The second-order valence-corrected chi connectivity index (χ2v) is 8.68. The zero-order valence-corrected chi connectivity index (χ0v) is 13.7. The van der Waals surface area contributed by atoms with Gasteiger partial charge >= 0.3 is 0 Å². The molecule has 2 heterocycles. The Kier molecular flexibility index (Phi) is 5.10. The Balaban J connectivity index is 2.28. The maximum atomic E-state index is 12.1. The highest BCUT2D eigenvalue weighted by Crippen LogP contribution is 2.32. The number of hydrogen-bond donors (Lipinski definition) is 1. The van der Waals surface area contributed by atoms with E-state index in [0.29, 0.717) is 18.3 Å². The molecule has 118 valence electrons. The molecule has 0 aromatic rings. The minimum atomic E-state index is -2.94. The molecule has 2 saturated heterocycles. The van der Waals surface area contributed by atoms with Crippen molar-refractivity contribution < 1.29 is 8.42 Å². The second kappa shape index (κ2) is 6.30. The molecule has 2 fully saturated rings. The third kappa shape index (κ3) is 3.35. The number of nitrogens with zero attached hydrogens (tertiary/aromatic N) is 2. The third-order valence-corrected chi connectivity index (χ3v) is 6.84. The molecule has 0 bridgehead atoms. The number of rotatable bonds is 3. The van der Waals surface area contributed by atoms with E-state index < -0.39 is 9.84 Å². The lowest BCUT2D eigenvalue weighted by molar-refractivity contribution is 0.0525. The van der Waals surface area contributed by atoms with Gasteiger partial charge < -0.3 is 10.6 Å². The van der Waals surface area contributed by atoms with Gasteiger partial charge in [0.1, 0.15) is 0 Å². The third-order valence-electron chi connectivity index (χ3n) is 4.95. The van der Waals surface area contributed by atoms with E-state index in [9.17, 15) is 8.42 Å². The Bertz CT molecular complexity index is 426. The van der Waals surface area contributed by atoms with Gasteiger partial charge in [0.05, 0.1) is 11.5 Å². The van der Waals surface area contributed by atoms with Crippen LogP contribution in [0.15, 0.2) is 0 Å². The largest absolute Gasteiger partial charge is 0.329 e. The maximum absolute atomic E-state index is 12.1. The van der Waals surface area contributed by atoms with Crippen molar-refractivity contribution in [3.05, 3.63) is 0 Å². The highest BCUT2D eigenvalue weighted by molar-refractivity contribution is 7.91. The first kappa shape index (κ1) is 16.2. The summed E-state index contributed by atoms with van der Waals surface area (Å²) in [6.45, 7) is 5.71. The van der Waals surface area contributed by atoms with Crippen molar-refractivity contribution in [2.24, 2.45) is 5.73 Å². The fourth-order valence-electron chi connectivity index (χ4n) is 3.90. The van der Waals surface area contributed by atoms with E-state index in [1.165, 1.54) is 0 Å². The summed E-state index contributed by atoms with van der Waals surface area (Å²) in [4.78, 5) is 4.79. The molecule has 0 saturated carbocycles. The molecule has 2 rings (SSSR count). The van der Waals surface area contributed by atoms with Crippen molar-refractivity contribution in [3.8, 4) is 0 Å². The first-order chi connectivity index (χ1) is 9.42. The van der Waals surface area contributed by atoms with E-state index in [2.05, 4.69) is 23.8 Å². The van der Waals surface area contributed by atoms with Crippen molar-refractivity contribution in [3.63, 3.8) is 0 Å². The molecule has 2 unspecified atom stereocenters. The lowest BCUT2D eigenvalue weighted by Crippen LogP contribution is -2.63. The monoisotopic (exact) mass is 303 g/mol. The van der Waals surface area contributed by atoms with Gasteiger partial charge in [-0.1, -0.05) is 6.92 Å². The molecular weight excluding hydrogens is 274 g/mol. The Hall–Kier alpha value is -0.170. The molecule has 2 aliphatic heterocycles. The molecule has 20 heavy (non-hydrogen) atoms. The summed E-state index contributed by atoms with van der Waals surface area (Å²) in [6, 6.07) is 0.416. The summed E-state index contributed by atoms with van der Waals surface area (Å²) in [6.07, 6.45) is 3.81. The van der Waals surface area contributed by atoms with Crippen molar-refractivity contribution >= 4 is 9.84 Å². The molecule has 2 aliphatic rings. The number of nitrogens with two attached hydrogens (primary N) is 1. The minimum absolute atomic E-state index is 0.247. The van der Waals surface area contributed by atoms with Gasteiger partial charge in [0, 0.05) is 31.2 Å². The first-order valence-corrected chi connectivity index (χ1v) is 9.60.